The molecule has 2 N–H and O–H groups in total. The molecule has 3 aromatic carbocycles. The van der Waals surface area contributed by atoms with E-state index in [1.807, 2.05) is 6.08 Å². The van der Waals surface area contributed by atoms with Gasteiger partial charge in [-0.1, -0.05) is 82.2 Å². The highest BCUT2D eigenvalue weighted by molar-refractivity contribution is 9.10. The highest BCUT2D eigenvalue weighted by Gasteiger charge is 2.71. The third kappa shape index (κ3) is 5.48. The summed E-state index contributed by atoms with van der Waals surface area (Å²) in [5, 5.41) is 13.5. The van der Waals surface area contributed by atoms with E-state index in [-0.39, 0.29) is 40.8 Å². The second kappa shape index (κ2) is 13.7. The van der Waals surface area contributed by atoms with E-state index in [9.17, 15) is 19.5 Å². The molecule has 6 unspecified atom stereocenters. The van der Waals surface area contributed by atoms with E-state index in [0.29, 0.717) is 38.5 Å². The second-order valence-corrected chi connectivity index (χ2v) is 16.4. The molecule has 13 heteroatoms. The van der Waals surface area contributed by atoms with Gasteiger partial charge < -0.3 is 14.6 Å². The van der Waals surface area contributed by atoms with Crippen molar-refractivity contribution in [1.29, 1.82) is 0 Å². The summed E-state index contributed by atoms with van der Waals surface area (Å²) < 4.78 is 11.7. The Hall–Kier alpha value is -4.06. The van der Waals surface area contributed by atoms with Crippen molar-refractivity contribution in [3.63, 3.8) is 0 Å². The number of allylic oxidation sites excluding steroid dienone is 2. The first-order valence-corrected chi connectivity index (χ1v) is 19.4. The molecule has 6 atom stereocenters. The third-order valence-corrected chi connectivity index (χ3v) is 13.2. The molecule has 2 saturated carbocycles. The van der Waals surface area contributed by atoms with Crippen LogP contribution in [0.3, 0.4) is 0 Å². The summed E-state index contributed by atoms with van der Waals surface area (Å²) in [6.45, 7) is 0. The van der Waals surface area contributed by atoms with Crippen LogP contribution >= 0.6 is 39.1 Å². The minimum absolute atomic E-state index is 0.121. The van der Waals surface area contributed by atoms with Crippen molar-refractivity contribution in [2.24, 2.45) is 23.7 Å². The van der Waals surface area contributed by atoms with Crippen LogP contribution in [0.25, 0.3) is 0 Å². The van der Waals surface area contributed by atoms with Crippen molar-refractivity contribution in [1.82, 2.24) is 9.91 Å². The Morgan fingerprint density at radius 2 is 1.62 bits per heavy atom. The van der Waals surface area contributed by atoms with Gasteiger partial charge in [-0.25, -0.2) is 0 Å². The van der Waals surface area contributed by atoms with Gasteiger partial charge in [0.25, 0.3) is 11.8 Å². The van der Waals surface area contributed by atoms with Crippen LogP contribution in [0.1, 0.15) is 62.0 Å². The number of carbonyl (C=O) groups is 4. The Bertz CT molecular complexity index is 2070. The topological polar surface area (TPSA) is 125 Å². The molecule has 0 aromatic heterocycles. The highest BCUT2D eigenvalue weighted by atomic mass is 79.9. The normalized spacial score (nSPS) is 28.4. The number of benzene rings is 3. The van der Waals surface area contributed by atoms with Crippen LogP contribution < -0.4 is 14.9 Å². The van der Waals surface area contributed by atoms with Crippen LogP contribution in [0.5, 0.6) is 17.2 Å². The zero-order valence-electron chi connectivity index (χ0n) is 29.1. The fourth-order valence-corrected chi connectivity index (χ4v) is 10.8. The number of hydrogen-bond acceptors (Lipinski definition) is 8. The molecule has 4 fully saturated rings. The standard InChI is InChI=1S/C40H38BrCl2N3O7/c1-52-24-11-8-20(9-12-24)40-29(37(49)46(39(40)51)44-31-15-10-22(42)18-30(31)43)19-27-25(34(40)28-16-21(41)17-32(53-2)35(28)47)13-14-26-33(27)38(50)45(36(26)48)23-6-4-3-5-7-23/h8-13,15-18,23,26-27,29,33-34,44,47H,3-7,14,19H2,1-2H3. The largest absolute Gasteiger partial charge is 0.504 e. The fraction of sp³-hybridized carbons (Fsp3) is 0.400. The first-order valence-electron chi connectivity index (χ1n) is 17.9. The molecule has 10 nitrogen and oxygen atoms in total. The van der Waals surface area contributed by atoms with E-state index in [2.05, 4.69) is 21.4 Å². The summed E-state index contributed by atoms with van der Waals surface area (Å²) in [4.78, 5) is 60.7. The summed E-state index contributed by atoms with van der Waals surface area (Å²) in [5.41, 5.74) is 3.27. The number of nitrogens with zero attached hydrogens (tertiary/aromatic N) is 2. The maximum absolute atomic E-state index is 15.5. The van der Waals surface area contributed by atoms with Crippen molar-refractivity contribution >= 4 is 68.4 Å². The molecule has 5 aliphatic rings. The van der Waals surface area contributed by atoms with Crippen molar-refractivity contribution in [2.45, 2.75) is 62.3 Å². The lowest BCUT2D eigenvalue weighted by Crippen LogP contribution is -2.53. The fourth-order valence-electron chi connectivity index (χ4n) is 9.88. The van der Waals surface area contributed by atoms with Gasteiger partial charge in [-0.2, -0.15) is 5.01 Å². The Balaban J connectivity index is 1.35. The number of aromatic hydroxyl groups is 1. The van der Waals surface area contributed by atoms with Crippen LogP contribution in [0.4, 0.5) is 5.69 Å². The second-order valence-electron chi connectivity index (χ2n) is 14.6. The van der Waals surface area contributed by atoms with Gasteiger partial charge in [-0.05, 0) is 79.6 Å². The number of likely N-dealkylation sites (tertiary alicyclic amines) is 1. The lowest BCUT2D eigenvalue weighted by molar-refractivity contribution is -0.144. The molecule has 3 aromatic rings. The van der Waals surface area contributed by atoms with Crippen LogP contribution in [0.15, 0.2) is 70.7 Å². The molecule has 2 heterocycles. The van der Waals surface area contributed by atoms with Gasteiger partial charge in [0.2, 0.25) is 11.8 Å². The van der Waals surface area contributed by atoms with Gasteiger partial charge in [0.05, 0.1) is 48.1 Å². The number of rotatable bonds is 7. The number of hydrazine groups is 1. The highest BCUT2D eigenvalue weighted by Crippen LogP contribution is 2.65. The number of halogens is 3. The van der Waals surface area contributed by atoms with Crippen molar-refractivity contribution < 1.29 is 33.8 Å². The molecule has 8 rings (SSSR count). The number of imide groups is 2. The quantitative estimate of drug-likeness (QED) is 0.183. The van der Waals surface area contributed by atoms with Gasteiger partial charge in [0.15, 0.2) is 11.5 Å². The molecule has 0 radical (unpaired) electrons. The monoisotopic (exact) mass is 821 g/mol. The Kier molecular flexibility index (Phi) is 9.26. The van der Waals surface area contributed by atoms with Crippen LogP contribution in [0, 0.1) is 23.7 Å². The lowest BCUT2D eigenvalue weighted by atomic mass is 9.49. The predicted octanol–water partition coefficient (Wildman–Crippen LogP) is 7.80. The molecular weight excluding hydrogens is 785 g/mol. The summed E-state index contributed by atoms with van der Waals surface area (Å²) in [7, 11) is 2.98. The minimum Gasteiger partial charge on any atom is -0.504 e. The van der Waals surface area contributed by atoms with Crippen LogP contribution in [-0.4, -0.2) is 58.9 Å². The molecule has 2 aliphatic heterocycles. The van der Waals surface area contributed by atoms with Crippen molar-refractivity contribution in [3.05, 3.63) is 91.9 Å². The van der Waals surface area contributed by atoms with Crippen LogP contribution in [0.2, 0.25) is 10.0 Å². The summed E-state index contributed by atoms with van der Waals surface area (Å²) >= 11 is 16.3. The SMILES string of the molecule is COc1ccc(C23C(=O)N(Nc4ccc(Cl)cc4Cl)C(=O)C2CC2C(=CCC4C(=O)N(C5CCCCC5)C(=O)C42)C3c2cc(Br)cc(OC)c2O)cc1. The van der Waals surface area contributed by atoms with E-state index in [4.69, 9.17) is 32.7 Å². The number of phenolic OH excluding ortho intramolecular Hbond substituents is 1. The maximum atomic E-state index is 15.5. The molecule has 3 aliphatic carbocycles. The van der Waals surface area contributed by atoms with Gasteiger partial charge in [0, 0.05) is 27.0 Å². The number of nitrogens with one attached hydrogen (secondary N) is 1. The first-order chi connectivity index (χ1) is 25.5. The summed E-state index contributed by atoms with van der Waals surface area (Å²) in [6, 6.07) is 14.9. The number of methoxy groups -OCH3 is 2. The molecule has 53 heavy (non-hydrogen) atoms. The number of hydrogen-bond donors (Lipinski definition) is 2. The molecule has 0 spiro atoms. The van der Waals surface area contributed by atoms with Gasteiger partial charge in [-0.3, -0.25) is 29.5 Å². The predicted molar refractivity (Wildman–Crippen MR) is 202 cm³/mol. The van der Waals surface area contributed by atoms with E-state index in [1.54, 1.807) is 55.6 Å². The van der Waals surface area contributed by atoms with E-state index < -0.39 is 46.8 Å². The number of carbonyl (C=O) groups excluding carboxylic acids is 4. The maximum Gasteiger partial charge on any atom is 0.260 e. The van der Waals surface area contributed by atoms with E-state index >= 15 is 4.79 Å². The first kappa shape index (κ1) is 35.9. The number of fused-ring (bicyclic) bond motifs is 4. The number of phenols is 1. The molecule has 4 amide bonds. The van der Waals surface area contributed by atoms with Crippen molar-refractivity contribution in [2.75, 3.05) is 19.6 Å². The molecule has 276 valence electrons. The average molecular weight is 824 g/mol. The Morgan fingerprint density at radius 3 is 2.30 bits per heavy atom. The van der Waals surface area contributed by atoms with Gasteiger partial charge in [-0.15, -0.1) is 0 Å². The van der Waals surface area contributed by atoms with Crippen molar-refractivity contribution in [3.8, 4) is 17.2 Å². The Morgan fingerprint density at radius 1 is 0.887 bits per heavy atom. The number of anilines is 1. The number of ether oxygens (including phenoxy) is 2. The zero-order chi connectivity index (χ0) is 37.3. The summed E-state index contributed by atoms with van der Waals surface area (Å²) in [6.07, 6.45) is 6.94. The Labute approximate surface area is 325 Å². The minimum atomic E-state index is -1.62. The van der Waals surface area contributed by atoms with Gasteiger partial charge in [0.1, 0.15) is 5.75 Å². The van der Waals surface area contributed by atoms with Crippen LogP contribution in [-0.2, 0) is 24.6 Å². The smallest absolute Gasteiger partial charge is 0.260 e. The third-order valence-electron chi connectivity index (χ3n) is 12.2. The van der Waals surface area contributed by atoms with E-state index in [0.717, 1.165) is 42.7 Å². The average Bonchev–Trinajstić information content (AvgIpc) is 3.54. The summed E-state index contributed by atoms with van der Waals surface area (Å²) in [5.74, 6) is -4.77. The van der Waals surface area contributed by atoms with E-state index in [1.165, 1.54) is 18.1 Å². The molecule has 0 bridgehead atoms. The lowest BCUT2D eigenvalue weighted by Gasteiger charge is -2.50. The molecule has 2 saturated heterocycles. The van der Waals surface area contributed by atoms with Gasteiger partial charge >= 0.3 is 0 Å². The number of amides is 4. The molecular formula is C40H38BrCl2N3O7. The zero-order valence-corrected chi connectivity index (χ0v) is 32.2.